The van der Waals surface area contributed by atoms with Crippen molar-refractivity contribution in [1.82, 2.24) is 4.90 Å². The zero-order valence-corrected chi connectivity index (χ0v) is 18.6. The lowest BCUT2D eigenvalue weighted by molar-refractivity contribution is -0.117. The number of rotatable bonds is 4. The van der Waals surface area contributed by atoms with E-state index in [0.717, 1.165) is 27.9 Å². The number of amides is 2. The number of carbonyl (C=O) groups is 2. The number of hydrogen-bond acceptors (Lipinski definition) is 3. The van der Waals surface area contributed by atoms with Gasteiger partial charge in [-0.25, -0.2) is 4.79 Å². The Morgan fingerprint density at radius 3 is 2.27 bits per heavy atom. The Kier molecular flexibility index (Phi) is 7.50. The molecule has 0 aromatic heterocycles. The van der Waals surface area contributed by atoms with Gasteiger partial charge in [0.25, 0.3) is 0 Å². The van der Waals surface area contributed by atoms with Crippen molar-refractivity contribution in [3.05, 3.63) is 53.6 Å². The molecule has 1 heterocycles. The molecular formula is C23H30ClN3O3. The molecular weight excluding hydrogens is 402 g/mol. The number of benzene rings is 2. The zero-order chi connectivity index (χ0) is 21.3. The van der Waals surface area contributed by atoms with E-state index in [1.807, 2.05) is 63.2 Å². The van der Waals surface area contributed by atoms with Gasteiger partial charge in [0.15, 0.2) is 0 Å². The van der Waals surface area contributed by atoms with Crippen molar-refractivity contribution in [2.24, 2.45) is 5.73 Å². The number of nitrogens with two attached hydrogens (primary N) is 1. The fraction of sp³-hybridized carbons (Fsp3) is 0.391. The van der Waals surface area contributed by atoms with Crippen LogP contribution < -0.4 is 10.6 Å². The predicted molar refractivity (Wildman–Crippen MR) is 122 cm³/mol. The van der Waals surface area contributed by atoms with Crippen LogP contribution in [-0.4, -0.2) is 34.1 Å². The first-order valence-electron chi connectivity index (χ1n) is 9.99. The Morgan fingerprint density at radius 1 is 1.17 bits per heavy atom. The normalized spacial score (nSPS) is 17.9. The lowest BCUT2D eigenvalue weighted by Gasteiger charge is -2.43. The summed E-state index contributed by atoms with van der Waals surface area (Å²) in [5, 5.41) is 9.86. The number of fused-ring (bicyclic) bond motifs is 1. The Morgan fingerprint density at radius 2 is 1.77 bits per heavy atom. The van der Waals surface area contributed by atoms with E-state index in [-0.39, 0.29) is 36.4 Å². The molecule has 0 saturated carbocycles. The SMILES string of the molecule is CC(=O)N1c2ccc(-c3ccc(CN)cc3)cc2C(N(C(=O)O)C(C)C)CC1C.Cl. The van der Waals surface area contributed by atoms with Gasteiger partial charge in [0.2, 0.25) is 5.91 Å². The molecule has 0 saturated heterocycles. The van der Waals surface area contributed by atoms with Crippen LogP contribution >= 0.6 is 12.4 Å². The lowest BCUT2D eigenvalue weighted by Crippen LogP contribution is -2.48. The monoisotopic (exact) mass is 431 g/mol. The molecule has 3 rings (SSSR count). The summed E-state index contributed by atoms with van der Waals surface area (Å²) in [6, 6.07) is 13.4. The third-order valence-electron chi connectivity index (χ3n) is 5.63. The number of anilines is 1. The summed E-state index contributed by atoms with van der Waals surface area (Å²) < 4.78 is 0. The van der Waals surface area contributed by atoms with Gasteiger partial charge in [0, 0.05) is 31.2 Å². The lowest BCUT2D eigenvalue weighted by atomic mass is 9.87. The van der Waals surface area contributed by atoms with Gasteiger partial charge in [-0.1, -0.05) is 30.3 Å². The Hall–Kier alpha value is -2.57. The fourth-order valence-corrected chi connectivity index (χ4v) is 4.30. The van der Waals surface area contributed by atoms with Crippen molar-refractivity contribution in [3.8, 4) is 11.1 Å². The van der Waals surface area contributed by atoms with Crippen LogP contribution in [0.2, 0.25) is 0 Å². The molecule has 1 aliphatic rings. The predicted octanol–water partition coefficient (Wildman–Crippen LogP) is 4.81. The van der Waals surface area contributed by atoms with Crippen molar-refractivity contribution in [3.63, 3.8) is 0 Å². The zero-order valence-electron chi connectivity index (χ0n) is 17.8. The van der Waals surface area contributed by atoms with Crippen molar-refractivity contribution in [2.75, 3.05) is 4.90 Å². The highest BCUT2D eigenvalue weighted by Gasteiger charge is 2.38. The highest BCUT2D eigenvalue weighted by Crippen LogP contribution is 2.43. The van der Waals surface area contributed by atoms with Crippen LogP contribution in [0.4, 0.5) is 10.5 Å². The molecule has 0 aliphatic carbocycles. The maximum Gasteiger partial charge on any atom is 0.408 e. The van der Waals surface area contributed by atoms with Gasteiger partial charge < -0.3 is 15.7 Å². The first-order chi connectivity index (χ1) is 13.7. The second kappa shape index (κ2) is 9.49. The van der Waals surface area contributed by atoms with Crippen LogP contribution in [0.5, 0.6) is 0 Å². The van der Waals surface area contributed by atoms with Crippen LogP contribution in [0.3, 0.4) is 0 Å². The van der Waals surface area contributed by atoms with Crippen LogP contribution in [0, 0.1) is 0 Å². The molecule has 6 nitrogen and oxygen atoms in total. The summed E-state index contributed by atoms with van der Waals surface area (Å²) in [6.07, 6.45) is -0.385. The van der Waals surface area contributed by atoms with E-state index in [1.165, 1.54) is 4.90 Å². The molecule has 2 aromatic rings. The topological polar surface area (TPSA) is 86.9 Å². The number of carbonyl (C=O) groups excluding carboxylic acids is 1. The quantitative estimate of drug-likeness (QED) is 0.727. The smallest absolute Gasteiger partial charge is 0.408 e. The number of nitrogens with zero attached hydrogens (tertiary/aromatic N) is 2. The average molecular weight is 432 g/mol. The Bertz CT molecular complexity index is 914. The third-order valence-corrected chi connectivity index (χ3v) is 5.63. The minimum atomic E-state index is -0.947. The average Bonchev–Trinajstić information content (AvgIpc) is 2.67. The molecule has 2 aromatic carbocycles. The second-order valence-electron chi connectivity index (χ2n) is 7.95. The van der Waals surface area contributed by atoms with E-state index >= 15 is 0 Å². The van der Waals surface area contributed by atoms with Gasteiger partial charge in [-0.3, -0.25) is 9.69 Å². The summed E-state index contributed by atoms with van der Waals surface area (Å²) >= 11 is 0. The summed E-state index contributed by atoms with van der Waals surface area (Å²) in [7, 11) is 0. The Labute approximate surface area is 184 Å². The van der Waals surface area contributed by atoms with Gasteiger partial charge >= 0.3 is 6.09 Å². The van der Waals surface area contributed by atoms with Crippen molar-refractivity contribution in [1.29, 1.82) is 0 Å². The van der Waals surface area contributed by atoms with Crippen LogP contribution in [0.1, 0.15) is 51.3 Å². The van der Waals surface area contributed by atoms with Crippen molar-refractivity contribution in [2.45, 2.75) is 58.8 Å². The van der Waals surface area contributed by atoms with Gasteiger partial charge in [-0.2, -0.15) is 0 Å². The van der Waals surface area contributed by atoms with E-state index in [9.17, 15) is 14.7 Å². The number of hydrogen-bond donors (Lipinski definition) is 2. The largest absolute Gasteiger partial charge is 0.465 e. The molecule has 1 aliphatic heterocycles. The molecule has 162 valence electrons. The van der Waals surface area contributed by atoms with E-state index in [4.69, 9.17) is 5.73 Å². The van der Waals surface area contributed by atoms with Crippen LogP contribution in [-0.2, 0) is 11.3 Å². The molecule has 7 heteroatoms. The molecule has 0 bridgehead atoms. The number of carboxylic acid groups (broad SMARTS) is 1. The van der Waals surface area contributed by atoms with Crippen LogP contribution in [0.15, 0.2) is 42.5 Å². The fourth-order valence-electron chi connectivity index (χ4n) is 4.30. The summed E-state index contributed by atoms with van der Waals surface area (Å²) in [4.78, 5) is 27.6. The van der Waals surface area contributed by atoms with Gasteiger partial charge in [-0.05, 0) is 61.6 Å². The van der Waals surface area contributed by atoms with Gasteiger partial charge in [-0.15, -0.1) is 12.4 Å². The molecule has 0 radical (unpaired) electrons. The maximum absolute atomic E-state index is 12.3. The first-order valence-corrected chi connectivity index (χ1v) is 9.99. The number of halogens is 1. The minimum absolute atomic E-state index is 0. The van der Waals surface area contributed by atoms with E-state index in [2.05, 4.69) is 0 Å². The molecule has 2 atom stereocenters. The molecule has 2 amide bonds. The third kappa shape index (κ3) is 4.45. The highest BCUT2D eigenvalue weighted by atomic mass is 35.5. The van der Waals surface area contributed by atoms with E-state index < -0.39 is 6.09 Å². The van der Waals surface area contributed by atoms with Crippen molar-refractivity contribution >= 4 is 30.1 Å². The highest BCUT2D eigenvalue weighted by molar-refractivity contribution is 5.94. The van der Waals surface area contributed by atoms with E-state index in [1.54, 1.807) is 11.8 Å². The van der Waals surface area contributed by atoms with Gasteiger partial charge in [0.1, 0.15) is 0 Å². The first kappa shape index (κ1) is 23.7. The summed E-state index contributed by atoms with van der Waals surface area (Å²) in [6.45, 7) is 7.77. The molecule has 2 unspecified atom stereocenters. The molecule has 30 heavy (non-hydrogen) atoms. The Balaban J connectivity index is 0.00000320. The van der Waals surface area contributed by atoms with Crippen LogP contribution in [0.25, 0.3) is 11.1 Å². The molecule has 0 fully saturated rings. The van der Waals surface area contributed by atoms with E-state index in [0.29, 0.717) is 13.0 Å². The summed E-state index contributed by atoms with van der Waals surface area (Å²) in [5.41, 5.74) is 10.4. The molecule has 0 spiro atoms. The summed E-state index contributed by atoms with van der Waals surface area (Å²) in [5.74, 6) is -0.0383. The van der Waals surface area contributed by atoms with Gasteiger partial charge in [0.05, 0.1) is 6.04 Å². The second-order valence-corrected chi connectivity index (χ2v) is 7.95. The van der Waals surface area contributed by atoms with Crippen molar-refractivity contribution < 1.29 is 14.7 Å². The molecule has 3 N–H and O–H groups in total. The minimum Gasteiger partial charge on any atom is -0.465 e. The maximum atomic E-state index is 12.3. The standard InChI is InChI=1S/C23H29N3O3.ClH/c1-14(2)25(23(28)29)22-11-15(3)26(16(4)27)21-10-9-19(12-20(21)22)18-7-5-17(13-24)6-8-18;/h5-10,12,14-15,22H,11,13,24H2,1-4H3,(H,28,29);1H.